The van der Waals surface area contributed by atoms with Gasteiger partial charge in [0.1, 0.15) is 11.9 Å². The summed E-state index contributed by atoms with van der Waals surface area (Å²) < 4.78 is 11.0. The molecule has 0 spiro atoms. The third kappa shape index (κ3) is 3.58. The third-order valence-electron chi connectivity index (χ3n) is 5.85. The number of methoxy groups -OCH3 is 1. The van der Waals surface area contributed by atoms with Crippen molar-refractivity contribution >= 4 is 16.8 Å². The SMILES string of the molecule is COc1ccc2[nH]cc([C@@H]3CCC[C@H](NC(=O)[C@H]4CCCCO4)C3)c2c1. The molecule has 1 aliphatic carbocycles. The molecule has 1 aromatic carbocycles. The van der Waals surface area contributed by atoms with Gasteiger partial charge in [0, 0.05) is 29.7 Å². The van der Waals surface area contributed by atoms with Crippen LogP contribution in [0.1, 0.15) is 56.4 Å². The lowest BCUT2D eigenvalue weighted by atomic mass is 9.81. The lowest BCUT2D eigenvalue weighted by Crippen LogP contribution is -2.45. The molecule has 5 nitrogen and oxygen atoms in total. The number of aromatic nitrogens is 1. The van der Waals surface area contributed by atoms with Crippen LogP contribution in [0, 0.1) is 0 Å². The second kappa shape index (κ2) is 7.70. The van der Waals surface area contributed by atoms with Crippen LogP contribution in [-0.2, 0) is 9.53 Å². The van der Waals surface area contributed by atoms with Crippen molar-refractivity contribution < 1.29 is 14.3 Å². The number of aromatic amines is 1. The summed E-state index contributed by atoms with van der Waals surface area (Å²) in [5, 5.41) is 4.49. The molecule has 5 heteroatoms. The van der Waals surface area contributed by atoms with E-state index in [1.807, 2.05) is 6.07 Å². The van der Waals surface area contributed by atoms with E-state index in [0.717, 1.165) is 56.2 Å². The molecule has 2 aromatic rings. The molecule has 0 bridgehead atoms. The smallest absolute Gasteiger partial charge is 0.249 e. The van der Waals surface area contributed by atoms with Gasteiger partial charge in [0.2, 0.25) is 5.91 Å². The van der Waals surface area contributed by atoms with Crippen molar-refractivity contribution in [2.24, 2.45) is 0 Å². The van der Waals surface area contributed by atoms with Crippen LogP contribution in [0.2, 0.25) is 0 Å². The van der Waals surface area contributed by atoms with Crippen LogP contribution in [0.5, 0.6) is 5.75 Å². The first-order chi connectivity index (χ1) is 12.7. The zero-order chi connectivity index (χ0) is 17.9. The quantitative estimate of drug-likeness (QED) is 0.874. The molecule has 26 heavy (non-hydrogen) atoms. The highest BCUT2D eigenvalue weighted by molar-refractivity contribution is 5.85. The third-order valence-corrected chi connectivity index (χ3v) is 5.85. The van der Waals surface area contributed by atoms with Crippen LogP contribution < -0.4 is 10.1 Å². The fraction of sp³-hybridized carbons (Fsp3) is 0.571. The van der Waals surface area contributed by atoms with Crippen LogP contribution in [0.4, 0.5) is 0 Å². The number of rotatable bonds is 4. The Kier molecular flexibility index (Phi) is 5.16. The van der Waals surface area contributed by atoms with E-state index >= 15 is 0 Å². The van der Waals surface area contributed by atoms with Crippen LogP contribution in [0.15, 0.2) is 24.4 Å². The van der Waals surface area contributed by atoms with E-state index in [1.54, 1.807) is 7.11 Å². The fourth-order valence-corrected chi connectivity index (χ4v) is 4.43. The molecule has 1 amide bonds. The van der Waals surface area contributed by atoms with Gasteiger partial charge in [-0.05, 0) is 68.2 Å². The fourth-order valence-electron chi connectivity index (χ4n) is 4.43. The van der Waals surface area contributed by atoms with Gasteiger partial charge in [0.15, 0.2) is 0 Å². The maximum absolute atomic E-state index is 12.5. The average molecular weight is 356 g/mol. The van der Waals surface area contributed by atoms with Crippen molar-refractivity contribution in [3.63, 3.8) is 0 Å². The maximum atomic E-state index is 12.5. The minimum absolute atomic E-state index is 0.0796. The van der Waals surface area contributed by atoms with E-state index in [4.69, 9.17) is 9.47 Å². The van der Waals surface area contributed by atoms with Gasteiger partial charge in [-0.2, -0.15) is 0 Å². The summed E-state index contributed by atoms with van der Waals surface area (Å²) in [6, 6.07) is 6.40. The number of hydrogen-bond acceptors (Lipinski definition) is 3. The zero-order valence-corrected chi connectivity index (χ0v) is 15.4. The Balaban J connectivity index is 1.46. The molecular weight excluding hydrogens is 328 g/mol. The van der Waals surface area contributed by atoms with E-state index in [-0.39, 0.29) is 18.1 Å². The number of H-pyrrole nitrogens is 1. The van der Waals surface area contributed by atoms with Crippen molar-refractivity contribution in [2.45, 2.75) is 63.0 Å². The molecule has 2 N–H and O–H groups in total. The van der Waals surface area contributed by atoms with Crippen LogP contribution in [0.3, 0.4) is 0 Å². The first-order valence-corrected chi connectivity index (χ1v) is 9.81. The molecule has 1 saturated carbocycles. The Bertz CT molecular complexity index is 764. The molecule has 4 rings (SSSR count). The van der Waals surface area contributed by atoms with Gasteiger partial charge in [-0.15, -0.1) is 0 Å². The highest BCUT2D eigenvalue weighted by Crippen LogP contribution is 2.37. The molecule has 2 heterocycles. The van der Waals surface area contributed by atoms with Gasteiger partial charge in [-0.25, -0.2) is 0 Å². The summed E-state index contributed by atoms with van der Waals surface area (Å²) >= 11 is 0. The number of hydrogen-bond donors (Lipinski definition) is 2. The summed E-state index contributed by atoms with van der Waals surface area (Å²) in [6.45, 7) is 0.711. The largest absolute Gasteiger partial charge is 0.497 e. The molecule has 1 saturated heterocycles. The van der Waals surface area contributed by atoms with E-state index in [0.29, 0.717) is 12.5 Å². The molecule has 0 unspecified atom stereocenters. The summed E-state index contributed by atoms with van der Waals surface area (Å²) in [5.74, 6) is 1.42. The van der Waals surface area contributed by atoms with Crippen molar-refractivity contribution in [3.8, 4) is 5.75 Å². The monoisotopic (exact) mass is 356 g/mol. The Morgan fingerprint density at radius 1 is 1.23 bits per heavy atom. The molecule has 140 valence electrons. The zero-order valence-electron chi connectivity index (χ0n) is 15.4. The molecule has 3 atom stereocenters. The molecule has 2 fully saturated rings. The van der Waals surface area contributed by atoms with Crippen molar-refractivity contribution in [3.05, 3.63) is 30.0 Å². The number of fused-ring (bicyclic) bond motifs is 1. The second-order valence-electron chi connectivity index (χ2n) is 7.58. The molecular formula is C21H28N2O3. The Labute approximate surface area is 154 Å². The van der Waals surface area contributed by atoms with Gasteiger partial charge in [-0.3, -0.25) is 4.79 Å². The second-order valence-corrected chi connectivity index (χ2v) is 7.58. The van der Waals surface area contributed by atoms with Gasteiger partial charge in [0.25, 0.3) is 0 Å². The number of benzene rings is 1. The summed E-state index contributed by atoms with van der Waals surface area (Å²) in [4.78, 5) is 15.9. The predicted octanol–water partition coefficient (Wildman–Crippen LogP) is 3.89. The van der Waals surface area contributed by atoms with E-state index in [1.165, 1.54) is 10.9 Å². The topological polar surface area (TPSA) is 63.3 Å². The summed E-state index contributed by atoms with van der Waals surface area (Å²) in [6.07, 6.45) is 9.23. The normalized spacial score (nSPS) is 26.6. The number of nitrogens with one attached hydrogen (secondary N) is 2. The van der Waals surface area contributed by atoms with Gasteiger partial charge in [-0.1, -0.05) is 6.42 Å². The molecule has 0 radical (unpaired) electrons. The van der Waals surface area contributed by atoms with E-state index in [9.17, 15) is 4.79 Å². The number of amides is 1. The average Bonchev–Trinajstić information content (AvgIpc) is 3.12. The Hall–Kier alpha value is -2.01. The lowest BCUT2D eigenvalue weighted by molar-refractivity contribution is -0.136. The first-order valence-electron chi connectivity index (χ1n) is 9.81. The molecule has 1 aliphatic heterocycles. The lowest BCUT2D eigenvalue weighted by Gasteiger charge is -2.31. The Morgan fingerprint density at radius 3 is 2.96 bits per heavy atom. The summed E-state index contributed by atoms with van der Waals surface area (Å²) in [7, 11) is 1.70. The standard InChI is InChI=1S/C21H28N2O3/c1-25-16-8-9-19-17(12-16)18(13-22-19)14-5-4-6-15(11-14)23-21(24)20-7-2-3-10-26-20/h8-9,12-15,20,22H,2-7,10-11H2,1H3,(H,23,24)/t14-,15+,20-/m1/s1. The Morgan fingerprint density at radius 2 is 2.15 bits per heavy atom. The van der Waals surface area contributed by atoms with E-state index in [2.05, 4.69) is 28.6 Å². The minimum atomic E-state index is -0.249. The first kappa shape index (κ1) is 17.4. The summed E-state index contributed by atoms with van der Waals surface area (Å²) in [5.41, 5.74) is 2.48. The van der Waals surface area contributed by atoms with Crippen LogP contribution >= 0.6 is 0 Å². The van der Waals surface area contributed by atoms with Gasteiger partial charge >= 0.3 is 0 Å². The van der Waals surface area contributed by atoms with Crippen LogP contribution in [0.25, 0.3) is 10.9 Å². The van der Waals surface area contributed by atoms with Crippen molar-refractivity contribution in [2.75, 3.05) is 13.7 Å². The van der Waals surface area contributed by atoms with Crippen molar-refractivity contribution in [1.82, 2.24) is 10.3 Å². The minimum Gasteiger partial charge on any atom is -0.497 e. The highest BCUT2D eigenvalue weighted by Gasteiger charge is 2.29. The van der Waals surface area contributed by atoms with Gasteiger partial charge in [0.05, 0.1) is 7.11 Å². The molecule has 2 aliphatic rings. The van der Waals surface area contributed by atoms with E-state index < -0.39 is 0 Å². The predicted molar refractivity (Wildman–Crippen MR) is 102 cm³/mol. The molecule has 1 aromatic heterocycles. The van der Waals surface area contributed by atoms with Crippen molar-refractivity contribution in [1.29, 1.82) is 0 Å². The maximum Gasteiger partial charge on any atom is 0.249 e. The number of carbonyl (C=O) groups is 1. The highest BCUT2D eigenvalue weighted by atomic mass is 16.5. The van der Waals surface area contributed by atoms with Gasteiger partial charge < -0.3 is 19.8 Å². The van der Waals surface area contributed by atoms with Crippen LogP contribution in [-0.4, -0.2) is 36.8 Å². The number of carbonyl (C=O) groups excluding carboxylic acids is 1. The number of ether oxygens (including phenoxy) is 2.